The van der Waals surface area contributed by atoms with E-state index in [2.05, 4.69) is 22.0 Å². The summed E-state index contributed by atoms with van der Waals surface area (Å²) in [6.45, 7) is 11.0. The van der Waals surface area contributed by atoms with Gasteiger partial charge in [-0.1, -0.05) is 52.8 Å². The molecule has 3 N–H and O–H groups in total. The molecule has 0 unspecified atom stereocenters. The quantitative estimate of drug-likeness (QED) is 0.572. The second kappa shape index (κ2) is 9.68. The van der Waals surface area contributed by atoms with E-state index >= 15 is 0 Å². The predicted octanol–water partition coefficient (Wildman–Crippen LogP) is 2.08. The number of likely N-dealkylation sites (tertiary alicyclic amines) is 1. The van der Waals surface area contributed by atoms with Crippen molar-refractivity contribution < 1.29 is 19.2 Å². The number of anilines is 1. The molecule has 4 amide bonds. The lowest BCUT2D eigenvalue weighted by Crippen LogP contribution is -2.55. The normalized spacial score (nSPS) is 22.9. The Balaban J connectivity index is 1.86. The number of nitrogens with one attached hydrogen (secondary N) is 3. The first-order valence-corrected chi connectivity index (χ1v) is 12.0. The molecule has 35 heavy (non-hydrogen) atoms. The van der Waals surface area contributed by atoms with Gasteiger partial charge in [0.05, 0.1) is 11.5 Å². The summed E-state index contributed by atoms with van der Waals surface area (Å²) in [7, 11) is 0. The third-order valence-corrected chi connectivity index (χ3v) is 6.62. The maximum absolute atomic E-state index is 13.8. The summed E-state index contributed by atoms with van der Waals surface area (Å²) in [5, 5.41) is 18.2. The minimum Gasteiger partial charge on any atom is -0.344 e. The van der Waals surface area contributed by atoms with E-state index in [4.69, 9.17) is 0 Å². The summed E-state index contributed by atoms with van der Waals surface area (Å²) in [4.78, 5) is 53.2. The topological polar surface area (TPSA) is 131 Å². The first-order chi connectivity index (χ1) is 16.3. The van der Waals surface area contributed by atoms with Crippen molar-refractivity contribution in [1.29, 1.82) is 5.26 Å². The Bertz CT molecular complexity index is 1070. The molecule has 0 bridgehead atoms. The van der Waals surface area contributed by atoms with Gasteiger partial charge in [-0.2, -0.15) is 5.26 Å². The summed E-state index contributed by atoms with van der Waals surface area (Å²) in [5.41, 5.74) is 0.163. The molecule has 188 valence electrons. The Morgan fingerprint density at radius 3 is 2.43 bits per heavy atom. The van der Waals surface area contributed by atoms with Crippen LogP contribution in [0.5, 0.6) is 0 Å². The highest BCUT2D eigenvalue weighted by molar-refractivity contribution is 6.07. The summed E-state index contributed by atoms with van der Waals surface area (Å²) < 4.78 is 0. The zero-order chi connectivity index (χ0) is 26.1. The highest BCUT2D eigenvalue weighted by Gasteiger charge is 2.56. The maximum Gasteiger partial charge on any atom is 0.246 e. The SMILES string of the molecule is CC(C)C(=O)N[C@@H](C)C(=O)N[C@@H](CC(C)(C)C)C(=O)N1C[C@]2(C[C@H]1C#N)C(=O)Nc1ccccc12. The summed E-state index contributed by atoms with van der Waals surface area (Å²) in [6, 6.07) is 6.96. The minimum absolute atomic E-state index is 0.0586. The number of hydrogen-bond donors (Lipinski definition) is 3. The van der Waals surface area contributed by atoms with E-state index in [-0.39, 0.29) is 36.1 Å². The molecule has 1 aromatic rings. The van der Waals surface area contributed by atoms with Gasteiger partial charge in [0.2, 0.25) is 23.6 Å². The maximum atomic E-state index is 13.8. The second-order valence-corrected chi connectivity index (χ2v) is 11.1. The number of rotatable bonds is 6. The lowest BCUT2D eigenvalue weighted by atomic mass is 9.80. The Morgan fingerprint density at radius 2 is 1.83 bits per heavy atom. The van der Waals surface area contributed by atoms with Crippen LogP contribution in [0, 0.1) is 22.7 Å². The van der Waals surface area contributed by atoms with Crippen LogP contribution in [0.25, 0.3) is 0 Å². The molecule has 0 saturated carbocycles. The van der Waals surface area contributed by atoms with Gasteiger partial charge in [0.1, 0.15) is 18.1 Å². The molecule has 1 saturated heterocycles. The predicted molar refractivity (Wildman–Crippen MR) is 131 cm³/mol. The highest BCUT2D eigenvalue weighted by Crippen LogP contribution is 2.46. The van der Waals surface area contributed by atoms with Crippen LogP contribution in [0.15, 0.2) is 24.3 Å². The smallest absolute Gasteiger partial charge is 0.246 e. The van der Waals surface area contributed by atoms with Gasteiger partial charge in [0.15, 0.2) is 0 Å². The van der Waals surface area contributed by atoms with E-state index in [0.29, 0.717) is 12.1 Å². The van der Waals surface area contributed by atoms with Crippen LogP contribution in [0.4, 0.5) is 5.69 Å². The van der Waals surface area contributed by atoms with Gasteiger partial charge in [0.25, 0.3) is 0 Å². The molecule has 1 fully saturated rings. The fourth-order valence-electron chi connectivity index (χ4n) is 4.74. The zero-order valence-corrected chi connectivity index (χ0v) is 21.3. The number of nitrogens with zero attached hydrogens (tertiary/aromatic N) is 2. The second-order valence-electron chi connectivity index (χ2n) is 11.1. The standard InChI is InChI=1S/C26H35N5O4/c1-15(2)21(32)28-16(3)22(33)29-20(12-25(4,5)6)23(34)31-14-26(11-17(31)13-27)18-9-7-8-10-19(18)30-24(26)35/h7-10,15-17,20H,11-12,14H2,1-6H3,(H,28,32)(H,29,33)(H,30,35)/t16-,17-,20-,26-/m0/s1. The van der Waals surface area contributed by atoms with Crippen LogP contribution in [0.3, 0.4) is 0 Å². The van der Waals surface area contributed by atoms with E-state index in [1.165, 1.54) is 4.90 Å². The Hall–Kier alpha value is -3.41. The fourth-order valence-corrected chi connectivity index (χ4v) is 4.74. The van der Waals surface area contributed by atoms with Gasteiger partial charge < -0.3 is 20.9 Å². The third-order valence-electron chi connectivity index (χ3n) is 6.62. The van der Waals surface area contributed by atoms with Crippen molar-refractivity contribution in [3.63, 3.8) is 0 Å². The molecule has 2 aliphatic rings. The number of nitriles is 1. The number of para-hydroxylation sites is 1. The van der Waals surface area contributed by atoms with E-state index in [9.17, 15) is 24.4 Å². The van der Waals surface area contributed by atoms with Crippen LogP contribution in [0.1, 0.15) is 59.9 Å². The summed E-state index contributed by atoms with van der Waals surface area (Å²) >= 11 is 0. The van der Waals surface area contributed by atoms with Crippen molar-refractivity contribution in [2.75, 3.05) is 11.9 Å². The molecule has 1 spiro atoms. The molecule has 0 radical (unpaired) electrons. The van der Waals surface area contributed by atoms with E-state index < -0.39 is 35.4 Å². The summed E-state index contributed by atoms with van der Waals surface area (Å²) in [6.07, 6.45) is 0.516. The van der Waals surface area contributed by atoms with Crippen molar-refractivity contribution >= 4 is 29.3 Å². The van der Waals surface area contributed by atoms with Crippen molar-refractivity contribution in [3.05, 3.63) is 29.8 Å². The fraction of sp³-hybridized carbons (Fsp3) is 0.577. The van der Waals surface area contributed by atoms with Gasteiger partial charge in [-0.05, 0) is 30.4 Å². The third kappa shape index (κ3) is 5.31. The van der Waals surface area contributed by atoms with Gasteiger partial charge in [-0.3, -0.25) is 19.2 Å². The Morgan fingerprint density at radius 1 is 1.17 bits per heavy atom. The Labute approximate surface area is 206 Å². The number of benzene rings is 1. The van der Waals surface area contributed by atoms with E-state index in [1.54, 1.807) is 20.8 Å². The lowest BCUT2D eigenvalue weighted by Gasteiger charge is -2.32. The molecule has 0 aliphatic carbocycles. The van der Waals surface area contributed by atoms with E-state index in [1.807, 2.05) is 45.0 Å². The summed E-state index contributed by atoms with van der Waals surface area (Å²) in [5.74, 6) is -1.65. The lowest BCUT2D eigenvalue weighted by molar-refractivity contribution is -0.138. The number of carbonyl (C=O) groups is 4. The van der Waals surface area contributed by atoms with Crippen LogP contribution in [0.2, 0.25) is 0 Å². The first kappa shape index (κ1) is 26.2. The van der Waals surface area contributed by atoms with E-state index in [0.717, 1.165) is 5.56 Å². The number of amides is 4. The Kier molecular flexibility index (Phi) is 7.25. The van der Waals surface area contributed by atoms with Gasteiger partial charge in [-0.15, -0.1) is 0 Å². The largest absolute Gasteiger partial charge is 0.344 e. The number of fused-ring (bicyclic) bond motifs is 2. The van der Waals surface area contributed by atoms with Gasteiger partial charge in [-0.25, -0.2) is 0 Å². The molecule has 2 heterocycles. The molecule has 9 heteroatoms. The molecule has 3 rings (SSSR count). The van der Waals surface area contributed by atoms with Crippen LogP contribution >= 0.6 is 0 Å². The molecule has 9 nitrogen and oxygen atoms in total. The monoisotopic (exact) mass is 481 g/mol. The van der Waals surface area contributed by atoms with Gasteiger partial charge >= 0.3 is 0 Å². The van der Waals surface area contributed by atoms with Crippen molar-refractivity contribution in [1.82, 2.24) is 15.5 Å². The average molecular weight is 482 g/mol. The van der Waals surface area contributed by atoms with Gasteiger partial charge in [0, 0.05) is 24.6 Å². The molecule has 1 aromatic carbocycles. The molecular weight excluding hydrogens is 446 g/mol. The number of hydrogen-bond acceptors (Lipinski definition) is 5. The van der Waals surface area contributed by atoms with Crippen molar-refractivity contribution in [2.24, 2.45) is 11.3 Å². The van der Waals surface area contributed by atoms with Crippen LogP contribution in [-0.4, -0.2) is 53.2 Å². The number of carbonyl (C=O) groups excluding carboxylic acids is 4. The molecule has 2 aliphatic heterocycles. The van der Waals surface area contributed by atoms with Crippen LogP contribution < -0.4 is 16.0 Å². The molecular formula is C26H35N5O4. The first-order valence-electron chi connectivity index (χ1n) is 12.0. The highest BCUT2D eigenvalue weighted by atomic mass is 16.2. The van der Waals surface area contributed by atoms with Crippen molar-refractivity contribution in [3.8, 4) is 6.07 Å². The molecule has 4 atom stereocenters. The molecule has 0 aromatic heterocycles. The van der Waals surface area contributed by atoms with Crippen LogP contribution in [-0.2, 0) is 24.6 Å². The zero-order valence-electron chi connectivity index (χ0n) is 21.3. The minimum atomic E-state index is -0.999. The average Bonchev–Trinajstić information content (AvgIpc) is 3.30. The van der Waals surface area contributed by atoms with Crippen molar-refractivity contribution in [2.45, 2.75) is 77.9 Å².